The van der Waals surface area contributed by atoms with Gasteiger partial charge in [-0.2, -0.15) is 0 Å². The Morgan fingerprint density at radius 2 is 1.47 bits per heavy atom. The van der Waals surface area contributed by atoms with Gasteiger partial charge in [-0.3, -0.25) is 0 Å². The summed E-state index contributed by atoms with van der Waals surface area (Å²) >= 11 is 0. The summed E-state index contributed by atoms with van der Waals surface area (Å²) in [6, 6.07) is 0.857. The molecule has 0 bridgehead atoms. The average molecular weight is 437 g/mol. The molecule has 0 amide bonds. The second-order valence-corrected chi connectivity index (χ2v) is 12.0. The van der Waals surface area contributed by atoms with E-state index < -0.39 is 8.80 Å². The van der Waals surface area contributed by atoms with Crippen molar-refractivity contribution in [1.29, 1.82) is 0 Å². The van der Waals surface area contributed by atoms with Crippen LogP contribution in [0, 0.1) is 5.41 Å². The van der Waals surface area contributed by atoms with Gasteiger partial charge in [0.2, 0.25) is 0 Å². The van der Waals surface area contributed by atoms with Crippen LogP contribution in [-0.2, 0) is 13.3 Å². The Labute approximate surface area is 188 Å². The fourth-order valence-electron chi connectivity index (χ4n) is 4.57. The molecule has 1 rings (SSSR count). The van der Waals surface area contributed by atoms with E-state index in [2.05, 4.69) is 46.8 Å². The van der Waals surface area contributed by atoms with Crippen LogP contribution in [0.4, 0.5) is 0 Å². The zero-order valence-electron chi connectivity index (χ0n) is 21.2. The van der Waals surface area contributed by atoms with Gasteiger partial charge in [0.25, 0.3) is 0 Å². The van der Waals surface area contributed by atoms with E-state index in [-0.39, 0.29) is 0 Å². The third kappa shape index (κ3) is 9.21. The SMILES string of the molecule is CCO[Si](CC/C(C)=C/C/C=C(\C)CCC1=C(C)CCCC1(C)C)(OCC)OCC. The average Bonchev–Trinajstić information content (AvgIpc) is 2.66. The lowest BCUT2D eigenvalue weighted by molar-refractivity contribution is 0.0714. The molecule has 0 spiro atoms. The Hall–Kier alpha value is -0.683. The van der Waals surface area contributed by atoms with Crippen LogP contribution >= 0.6 is 0 Å². The molecule has 0 saturated heterocycles. The molecule has 30 heavy (non-hydrogen) atoms. The van der Waals surface area contributed by atoms with Crippen molar-refractivity contribution in [2.45, 2.75) is 106 Å². The van der Waals surface area contributed by atoms with Gasteiger partial charge in [-0.1, -0.05) is 48.3 Å². The minimum absolute atomic E-state index is 0.386. The van der Waals surface area contributed by atoms with Gasteiger partial charge in [0.1, 0.15) is 0 Å². The Bertz CT molecular complexity index is 584. The molecule has 0 fully saturated rings. The molecule has 0 aromatic heterocycles. The van der Waals surface area contributed by atoms with Crippen LogP contribution in [0.25, 0.3) is 0 Å². The van der Waals surface area contributed by atoms with Crippen LogP contribution in [0.5, 0.6) is 0 Å². The fraction of sp³-hybridized carbons (Fsp3) is 0.769. The summed E-state index contributed by atoms with van der Waals surface area (Å²) in [5.74, 6) is 0. The molecule has 0 aromatic carbocycles. The lowest BCUT2D eigenvalue weighted by atomic mass is 9.71. The predicted molar refractivity (Wildman–Crippen MR) is 132 cm³/mol. The summed E-state index contributed by atoms with van der Waals surface area (Å²) < 4.78 is 17.9. The molecular weight excluding hydrogens is 388 g/mol. The van der Waals surface area contributed by atoms with Crippen LogP contribution in [0.3, 0.4) is 0 Å². The Balaban J connectivity index is 2.57. The zero-order chi connectivity index (χ0) is 22.6. The topological polar surface area (TPSA) is 27.7 Å². The van der Waals surface area contributed by atoms with E-state index in [9.17, 15) is 0 Å². The first-order valence-electron chi connectivity index (χ1n) is 12.1. The maximum atomic E-state index is 5.97. The Morgan fingerprint density at radius 3 is 1.97 bits per heavy atom. The van der Waals surface area contributed by atoms with E-state index in [4.69, 9.17) is 13.3 Å². The molecule has 174 valence electrons. The van der Waals surface area contributed by atoms with Gasteiger partial charge in [-0.25, -0.2) is 0 Å². The smallest absolute Gasteiger partial charge is 0.374 e. The molecule has 3 nitrogen and oxygen atoms in total. The summed E-state index contributed by atoms with van der Waals surface area (Å²) in [6.45, 7) is 19.7. The van der Waals surface area contributed by atoms with Gasteiger partial charge in [0, 0.05) is 25.9 Å². The first-order valence-corrected chi connectivity index (χ1v) is 14.0. The van der Waals surface area contributed by atoms with Gasteiger partial charge in [0.05, 0.1) is 0 Å². The number of hydrogen-bond donors (Lipinski definition) is 0. The third-order valence-electron chi connectivity index (χ3n) is 6.31. The summed E-state index contributed by atoms with van der Waals surface area (Å²) in [5, 5.41) is 0. The largest absolute Gasteiger partial charge is 0.501 e. The molecule has 0 aliphatic heterocycles. The van der Waals surface area contributed by atoms with Gasteiger partial charge in [-0.15, -0.1) is 0 Å². The maximum Gasteiger partial charge on any atom is 0.501 e. The molecule has 4 heteroatoms. The summed E-state index contributed by atoms with van der Waals surface area (Å²) in [7, 11) is -2.53. The van der Waals surface area contributed by atoms with Gasteiger partial charge in [0.15, 0.2) is 0 Å². The zero-order valence-corrected chi connectivity index (χ0v) is 22.2. The highest BCUT2D eigenvalue weighted by molar-refractivity contribution is 6.60. The van der Waals surface area contributed by atoms with E-state index in [1.807, 2.05) is 20.8 Å². The summed E-state index contributed by atoms with van der Waals surface area (Å²) in [5.41, 5.74) is 6.62. The Kier molecular flexibility index (Phi) is 12.5. The highest BCUT2D eigenvalue weighted by atomic mass is 28.4. The molecule has 0 radical (unpaired) electrons. The molecule has 0 unspecified atom stereocenters. The highest BCUT2D eigenvalue weighted by Gasteiger charge is 2.39. The second-order valence-electron chi connectivity index (χ2n) is 9.32. The number of hydrogen-bond acceptors (Lipinski definition) is 3. The molecule has 0 atom stereocenters. The van der Waals surface area contributed by atoms with Crippen molar-refractivity contribution in [2.75, 3.05) is 19.8 Å². The molecule has 1 aliphatic carbocycles. The molecular formula is C26H48O3Si. The molecule has 0 N–H and O–H groups in total. The molecule has 0 saturated carbocycles. The molecule has 0 heterocycles. The van der Waals surface area contributed by atoms with Crippen LogP contribution in [0.1, 0.15) is 100 Å². The summed E-state index contributed by atoms with van der Waals surface area (Å²) in [4.78, 5) is 0. The van der Waals surface area contributed by atoms with Crippen molar-refractivity contribution in [1.82, 2.24) is 0 Å². The quantitative estimate of drug-likeness (QED) is 0.204. The Morgan fingerprint density at radius 1 is 0.933 bits per heavy atom. The first-order chi connectivity index (χ1) is 14.2. The van der Waals surface area contributed by atoms with Crippen LogP contribution < -0.4 is 0 Å². The van der Waals surface area contributed by atoms with Gasteiger partial charge in [-0.05, 0) is 91.9 Å². The van der Waals surface area contributed by atoms with Crippen molar-refractivity contribution < 1.29 is 13.3 Å². The van der Waals surface area contributed by atoms with E-state index >= 15 is 0 Å². The molecule has 1 aliphatic rings. The van der Waals surface area contributed by atoms with Crippen molar-refractivity contribution in [3.8, 4) is 0 Å². The van der Waals surface area contributed by atoms with Crippen LogP contribution in [0.2, 0.25) is 6.04 Å². The van der Waals surface area contributed by atoms with Crippen LogP contribution in [-0.4, -0.2) is 28.6 Å². The van der Waals surface area contributed by atoms with Crippen molar-refractivity contribution in [3.63, 3.8) is 0 Å². The lowest BCUT2D eigenvalue weighted by Crippen LogP contribution is -2.45. The lowest BCUT2D eigenvalue weighted by Gasteiger charge is -2.34. The first kappa shape index (κ1) is 27.4. The monoisotopic (exact) mass is 436 g/mol. The fourth-order valence-corrected chi connectivity index (χ4v) is 7.27. The number of allylic oxidation sites excluding steroid dienone is 6. The third-order valence-corrected chi connectivity index (χ3v) is 9.35. The van der Waals surface area contributed by atoms with Gasteiger partial charge >= 0.3 is 8.80 Å². The predicted octanol–water partition coefficient (Wildman–Crippen LogP) is 8.01. The minimum Gasteiger partial charge on any atom is -0.374 e. The van der Waals surface area contributed by atoms with Crippen molar-refractivity contribution in [3.05, 3.63) is 34.4 Å². The highest BCUT2D eigenvalue weighted by Crippen LogP contribution is 2.42. The van der Waals surface area contributed by atoms with Crippen molar-refractivity contribution in [2.24, 2.45) is 5.41 Å². The maximum absolute atomic E-state index is 5.97. The van der Waals surface area contributed by atoms with Crippen LogP contribution in [0.15, 0.2) is 34.4 Å². The minimum atomic E-state index is -2.53. The van der Waals surface area contributed by atoms with E-state index in [0.29, 0.717) is 25.2 Å². The normalized spacial score (nSPS) is 18.3. The van der Waals surface area contributed by atoms with Crippen molar-refractivity contribution >= 4 is 8.80 Å². The molecule has 0 aromatic rings. The summed E-state index contributed by atoms with van der Waals surface area (Å²) in [6.07, 6.45) is 13.1. The van der Waals surface area contributed by atoms with E-state index in [1.165, 1.54) is 43.3 Å². The second kappa shape index (κ2) is 13.7. The number of rotatable bonds is 14. The van der Waals surface area contributed by atoms with E-state index in [0.717, 1.165) is 18.9 Å². The van der Waals surface area contributed by atoms with E-state index in [1.54, 1.807) is 11.1 Å². The standard InChI is InChI=1S/C26H48O3Si/c1-9-27-30(28-10-2,29-11-3)21-19-23(5)15-12-14-22(4)17-18-25-24(6)16-13-20-26(25,7)8/h14-15H,9-13,16-21H2,1-8H3/b22-14+,23-15+. The van der Waals surface area contributed by atoms with Gasteiger partial charge < -0.3 is 13.3 Å².